The van der Waals surface area contributed by atoms with Gasteiger partial charge in [0.2, 0.25) is 0 Å². The monoisotopic (exact) mass is 399 g/mol. The highest BCUT2D eigenvalue weighted by atomic mass is 35.5. The molecule has 0 spiro atoms. The Morgan fingerprint density at radius 2 is 1.74 bits per heavy atom. The fourth-order valence-electron chi connectivity index (χ4n) is 2.99. The average molecular weight is 400 g/mol. The Hall–Kier alpha value is -2.69. The number of ether oxygens (including phenoxy) is 2. The zero-order valence-electron chi connectivity index (χ0n) is 14.1. The van der Waals surface area contributed by atoms with Crippen LogP contribution in [0.4, 0.5) is 10.5 Å². The van der Waals surface area contributed by atoms with E-state index in [4.69, 9.17) is 32.7 Å². The molecule has 3 aromatic rings. The van der Waals surface area contributed by atoms with Crippen molar-refractivity contribution in [1.82, 2.24) is 0 Å². The van der Waals surface area contributed by atoms with Crippen LogP contribution in [-0.2, 0) is 4.74 Å². The summed E-state index contributed by atoms with van der Waals surface area (Å²) in [5.74, 6) is 1.21. The fourth-order valence-corrected chi connectivity index (χ4v) is 3.29. The zero-order chi connectivity index (χ0) is 18.8. The second kappa shape index (κ2) is 7.51. The van der Waals surface area contributed by atoms with Crippen LogP contribution in [0, 0.1) is 0 Å². The highest BCUT2D eigenvalue weighted by molar-refractivity contribution is 6.32. The van der Waals surface area contributed by atoms with Gasteiger partial charge in [0.05, 0.1) is 11.1 Å². The van der Waals surface area contributed by atoms with Crippen molar-refractivity contribution in [3.63, 3.8) is 0 Å². The van der Waals surface area contributed by atoms with Crippen molar-refractivity contribution in [2.45, 2.75) is 6.04 Å². The minimum Gasteiger partial charge on any atom is -0.456 e. The average Bonchev–Trinajstić information content (AvgIpc) is 3.06. The van der Waals surface area contributed by atoms with Crippen molar-refractivity contribution >= 4 is 35.0 Å². The lowest BCUT2D eigenvalue weighted by atomic mass is 10.1. The van der Waals surface area contributed by atoms with Crippen LogP contribution < -0.4 is 9.64 Å². The molecule has 1 aliphatic heterocycles. The van der Waals surface area contributed by atoms with E-state index in [1.165, 1.54) is 0 Å². The molecule has 0 N–H and O–H groups in total. The number of hydrogen-bond acceptors (Lipinski definition) is 3. The molecule has 0 saturated carbocycles. The minimum absolute atomic E-state index is 0.256. The van der Waals surface area contributed by atoms with E-state index in [1.807, 2.05) is 36.4 Å². The highest BCUT2D eigenvalue weighted by Gasteiger charge is 2.35. The summed E-state index contributed by atoms with van der Waals surface area (Å²) in [7, 11) is 0. The Morgan fingerprint density at radius 3 is 2.52 bits per heavy atom. The molecule has 0 unspecified atom stereocenters. The van der Waals surface area contributed by atoms with Crippen LogP contribution in [0.3, 0.4) is 0 Å². The van der Waals surface area contributed by atoms with Gasteiger partial charge >= 0.3 is 6.09 Å². The first-order valence-corrected chi connectivity index (χ1v) is 9.11. The van der Waals surface area contributed by atoms with E-state index in [-0.39, 0.29) is 18.7 Å². The number of anilines is 1. The number of benzene rings is 3. The molecule has 0 aliphatic carbocycles. The van der Waals surface area contributed by atoms with E-state index < -0.39 is 0 Å². The third kappa shape index (κ3) is 3.72. The van der Waals surface area contributed by atoms with Gasteiger partial charge in [0.25, 0.3) is 0 Å². The van der Waals surface area contributed by atoms with Gasteiger partial charge in [-0.05, 0) is 54.1 Å². The largest absolute Gasteiger partial charge is 0.456 e. The van der Waals surface area contributed by atoms with Crippen molar-refractivity contribution < 1.29 is 14.3 Å². The molecule has 1 aliphatic rings. The maximum absolute atomic E-state index is 12.3. The molecule has 6 heteroatoms. The number of cyclic esters (lactones) is 1. The molecule has 0 bridgehead atoms. The second-order valence-electron chi connectivity index (χ2n) is 6.04. The van der Waals surface area contributed by atoms with Crippen LogP contribution in [0.5, 0.6) is 11.5 Å². The Bertz CT molecular complexity index is 975. The van der Waals surface area contributed by atoms with Crippen LogP contribution in [0.25, 0.3) is 0 Å². The Kier molecular flexibility index (Phi) is 4.92. The number of halogens is 2. The molecule has 1 amide bonds. The van der Waals surface area contributed by atoms with Crippen LogP contribution >= 0.6 is 23.2 Å². The van der Waals surface area contributed by atoms with Crippen molar-refractivity contribution in [2.75, 3.05) is 11.5 Å². The summed E-state index contributed by atoms with van der Waals surface area (Å²) in [5.41, 5.74) is 1.63. The summed E-state index contributed by atoms with van der Waals surface area (Å²) >= 11 is 12.1. The standard InChI is InChI=1S/C21H15Cl2NO3/c22-15-8-10-16(11-9-15)24-19(13-26-21(24)25)14-4-3-5-17(12-14)27-20-7-2-1-6-18(20)23/h1-12,19H,13H2/t19-/m1/s1. The first-order valence-electron chi connectivity index (χ1n) is 8.36. The number of amides is 1. The topological polar surface area (TPSA) is 38.8 Å². The van der Waals surface area contributed by atoms with Gasteiger partial charge in [0.15, 0.2) is 0 Å². The molecule has 1 atom stereocenters. The zero-order valence-corrected chi connectivity index (χ0v) is 15.7. The van der Waals surface area contributed by atoms with Gasteiger partial charge in [0.1, 0.15) is 18.1 Å². The quantitative estimate of drug-likeness (QED) is 0.503. The molecule has 0 radical (unpaired) electrons. The lowest BCUT2D eigenvalue weighted by molar-refractivity contribution is 0.179. The Balaban J connectivity index is 1.63. The molecule has 4 rings (SSSR count). The molecule has 136 valence electrons. The molecule has 4 nitrogen and oxygen atoms in total. The summed E-state index contributed by atoms with van der Waals surface area (Å²) in [6, 6.07) is 21.7. The number of hydrogen-bond donors (Lipinski definition) is 0. The molecule has 0 aromatic heterocycles. The van der Waals surface area contributed by atoms with Gasteiger partial charge in [-0.3, -0.25) is 4.90 Å². The second-order valence-corrected chi connectivity index (χ2v) is 6.89. The molecule has 3 aromatic carbocycles. The number of carbonyl (C=O) groups is 1. The predicted molar refractivity (Wildman–Crippen MR) is 106 cm³/mol. The number of para-hydroxylation sites is 1. The van der Waals surface area contributed by atoms with Gasteiger partial charge in [0, 0.05) is 10.7 Å². The molecule has 1 saturated heterocycles. The maximum atomic E-state index is 12.3. The van der Waals surface area contributed by atoms with Crippen LogP contribution in [-0.4, -0.2) is 12.7 Å². The molecule has 27 heavy (non-hydrogen) atoms. The van der Waals surface area contributed by atoms with Gasteiger partial charge in [-0.15, -0.1) is 0 Å². The lowest BCUT2D eigenvalue weighted by Gasteiger charge is -2.22. The third-order valence-corrected chi connectivity index (χ3v) is 4.85. The van der Waals surface area contributed by atoms with Gasteiger partial charge in [-0.2, -0.15) is 0 Å². The Labute approximate surface area is 166 Å². The molecular weight excluding hydrogens is 385 g/mol. The smallest absolute Gasteiger partial charge is 0.415 e. The number of rotatable bonds is 4. The van der Waals surface area contributed by atoms with E-state index in [2.05, 4.69) is 0 Å². The van der Waals surface area contributed by atoms with Crippen LogP contribution in [0.15, 0.2) is 72.8 Å². The first-order chi connectivity index (χ1) is 13.1. The van der Waals surface area contributed by atoms with E-state index in [0.29, 0.717) is 21.5 Å². The minimum atomic E-state index is -0.389. The van der Waals surface area contributed by atoms with Crippen molar-refractivity contribution in [2.24, 2.45) is 0 Å². The van der Waals surface area contributed by atoms with Gasteiger partial charge in [-0.1, -0.05) is 47.5 Å². The number of carbonyl (C=O) groups excluding carboxylic acids is 1. The van der Waals surface area contributed by atoms with Crippen LogP contribution in [0.1, 0.15) is 11.6 Å². The van der Waals surface area contributed by atoms with E-state index >= 15 is 0 Å². The van der Waals surface area contributed by atoms with Crippen molar-refractivity contribution in [3.05, 3.63) is 88.4 Å². The molecular formula is C21H15Cl2NO3. The molecule has 1 fully saturated rings. The number of nitrogens with zero attached hydrogens (tertiary/aromatic N) is 1. The predicted octanol–water partition coefficient (Wildman–Crippen LogP) is 6.48. The van der Waals surface area contributed by atoms with E-state index in [0.717, 1.165) is 11.3 Å². The Morgan fingerprint density at radius 1 is 0.963 bits per heavy atom. The van der Waals surface area contributed by atoms with Crippen molar-refractivity contribution in [1.29, 1.82) is 0 Å². The molecule has 1 heterocycles. The summed E-state index contributed by atoms with van der Waals surface area (Å²) < 4.78 is 11.2. The maximum Gasteiger partial charge on any atom is 0.415 e. The third-order valence-electron chi connectivity index (χ3n) is 4.29. The van der Waals surface area contributed by atoms with Crippen molar-refractivity contribution in [3.8, 4) is 11.5 Å². The fraction of sp³-hybridized carbons (Fsp3) is 0.0952. The normalized spacial score (nSPS) is 16.3. The summed E-state index contributed by atoms with van der Waals surface area (Å²) in [6.45, 7) is 0.261. The first kappa shape index (κ1) is 17.7. The lowest BCUT2D eigenvalue weighted by Crippen LogP contribution is -2.27. The summed E-state index contributed by atoms with van der Waals surface area (Å²) in [4.78, 5) is 13.9. The summed E-state index contributed by atoms with van der Waals surface area (Å²) in [5, 5.41) is 1.14. The summed E-state index contributed by atoms with van der Waals surface area (Å²) in [6.07, 6.45) is -0.389. The van der Waals surface area contributed by atoms with Crippen LogP contribution in [0.2, 0.25) is 10.0 Å². The SMILES string of the molecule is O=C1OC[C@H](c2cccc(Oc3ccccc3Cl)c2)N1c1ccc(Cl)cc1. The van der Waals surface area contributed by atoms with E-state index in [9.17, 15) is 4.79 Å². The van der Waals surface area contributed by atoms with E-state index in [1.54, 1.807) is 41.3 Å². The van der Waals surface area contributed by atoms with Gasteiger partial charge in [-0.25, -0.2) is 4.79 Å². The van der Waals surface area contributed by atoms with Gasteiger partial charge < -0.3 is 9.47 Å². The highest BCUT2D eigenvalue weighted by Crippen LogP contribution is 2.36.